The van der Waals surface area contributed by atoms with Crippen LogP contribution < -0.4 is 32.4 Å². The molecular formula is C18H24IrN3O3P3. The minimum absolute atomic E-state index is 0. The van der Waals surface area contributed by atoms with E-state index in [1.165, 1.54) is 0 Å². The predicted octanol–water partition coefficient (Wildman–Crippen LogP) is 1.72. The summed E-state index contributed by atoms with van der Waals surface area (Å²) in [5.74, 6) is 0. The van der Waals surface area contributed by atoms with Crippen LogP contribution in [-0.4, -0.2) is 14.7 Å². The molecule has 28 heavy (non-hydrogen) atoms. The summed E-state index contributed by atoms with van der Waals surface area (Å²) in [6, 6.07) is 27.7. The van der Waals surface area contributed by atoms with Crippen molar-refractivity contribution in [2.45, 2.75) is 0 Å². The molecule has 0 fully saturated rings. The number of hydrogen-bond acceptors (Lipinski definition) is 6. The van der Waals surface area contributed by atoms with Crippen molar-refractivity contribution in [3.8, 4) is 0 Å². The van der Waals surface area contributed by atoms with E-state index in [1.54, 1.807) is 0 Å². The third kappa shape index (κ3) is 12.0. The van der Waals surface area contributed by atoms with Crippen molar-refractivity contribution in [3.63, 3.8) is 0 Å². The molecule has 3 aromatic rings. The van der Waals surface area contributed by atoms with Gasteiger partial charge in [0.15, 0.2) is 0 Å². The van der Waals surface area contributed by atoms with E-state index in [-0.39, 0.29) is 20.1 Å². The molecule has 0 saturated carbocycles. The topological polar surface area (TPSA) is 139 Å². The van der Waals surface area contributed by atoms with Crippen LogP contribution in [0.1, 0.15) is 0 Å². The monoisotopic (exact) mass is 616 g/mol. The first kappa shape index (κ1) is 27.4. The predicted molar refractivity (Wildman–Crippen MR) is 118 cm³/mol. The van der Waals surface area contributed by atoms with Gasteiger partial charge in [0.1, 0.15) is 24.9 Å². The molecule has 0 heterocycles. The zero-order chi connectivity index (χ0) is 20.1. The van der Waals surface area contributed by atoms with Crippen LogP contribution in [-0.2, 0) is 20.1 Å². The quantitative estimate of drug-likeness (QED) is 0.248. The van der Waals surface area contributed by atoms with Crippen LogP contribution in [0.2, 0.25) is 0 Å². The van der Waals surface area contributed by atoms with E-state index >= 15 is 0 Å². The maximum atomic E-state index is 8.87. The van der Waals surface area contributed by atoms with Gasteiger partial charge in [-0.2, -0.15) is 0 Å². The fourth-order valence-electron chi connectivity index (χ4n) is 1.74. The van der Waals surface area contributed by atoms with Crippen molar-refractivity contribution < 1.29 is 34.8 Å². The van der Waals surface area contributed by atoms with E-state index in [0.717, 1.165) is 15.9 Å². The molecule has 153 valence electrons. The van der Waals surface area contributed by atoms with Crippen molar-refractivity contribution in [1.82, 2.24) is 0 Å². The molecule has 0 aliphatic heterocycles. The molecule has 3 unspecified atom stereocenters. The summed E-state index contributed by atoms with van der Waals surface area (Å²) in [6.07, 6.45) is 0. The Kier molecular flexibility index (Phi) is 15.8. The molecule has 3 atom stereocenters. The number of hydrogen-bond donors (Lipinski definition) is 6. The third-order valence-electron chi connectivity index (χ3n) is 3.06. The van der Waals surface area contributed by atoms with E-state index in [1.807, 2.05) is 91.0 Å². The number of rotatable bonds is 3. The van der Waals surface area contributed by atoms with Crippen LogP contribution in [0, 0.1) is 0 Å². The van der Waals surface area contributed by atoms with Crippen molar-refractivity contribution in [2.24, 2.45) is 16.5 Å². The molecule has 1 radical (unpaired) electrons. The molecule has 3 aromatic carbocycles. The maximum Gasteiger partial charge on any atom is 0.129 e. The first-order valence-electron chi connectivity index (χ1n) is 7.78. The van der Waals surface area contributed by atoms with Gasteiger partial charge in [-0.15, -0.1) is 0 Å². The molecule has 9 N–H and O–H groups in total. The Bertz CT molecular complexity index is 637. The molecule has 0 amide bonds. The molecule has 0 spiro atoms. The fourth-order valence-corrected chi connectivity index (χ4v) is 3.17. The average molecular weight is 616 g/mol. The SMILES string of the molecule is NP(O)c1ccccc1.NP(O)c1ccccc1.NP(O)c1ccccc1.[Ir]. The Hall–Kier alpha value is -0.641. The molecule has 0 saturated heterocycles. The summed E-state index contributed by atoms with van der Waals surface area (Å²) < 4.78 is 0. The van der Waals surface area contributed by atoms with Gasteiger partial charge in [0.05, 0.1) is 0 Å². The molecular weight excluding hydrogens is 591 g/mol. The van der Waals surface area contributed by atoms with Crippen LogP contribution in [0.3, 0.4) is 0 Å². The van der Waals surface area contributed by atoms with Crippen molar-refractivity contribution in [3.05, 3.63) is 91.0 Å². The largest absolute Gasteiger partial charge is 0.356 e. The van der Waals surface area contributed by atoms with Gasteiger partial charge >= 0.3 is 0 Å². The second-order valence-corrected chi connectivity index (χ2v) is 8.66. The van der Waals surface area contributed by atoms with Crippen LogP contribution in [0.25, 0.3) is 0 Å². The Balaban J connectivity index is 0.000000384. The fraction of sp³-hybridized carbons (Fsp3) is 0. The van der Waals surface area contributed by atoms with Gasteiger partial charge in [0.25, 0.3) is 0 Å². The molecule has 0 aliphatic carbocycles. The van der Waals surface area contributed by atoms with E-state index in [9.17, 15) is 0 Å². The number of nitrogens with two attached hydrogens (primary N) is 3. The van der Waals surface area contributed by atoms with Gasteiger partial charge < -0.3 is 14.7 Å². The summed E-state index contributed by atoms with van der Waals surface area (Å²) in [5, 5.41) is 2.44. The Morgan fingerprint density at radius 1 is 0.429 bits per heavy atom. The molecule has 0 aromatic heterocycles. The third-order valence-corrected chi connectivity index (χ3v) is 5.54. The van der Waals surface area contributed by atoms with Gasteiger partial charge in [-0.05, 0) is 0 Å². The smallest absolute Gasteiger partial charge is 0.129 e. The first-order valence-corrected chi connectivity index (χ1v) is 11.9. The second-order valence-electron chi connectivity index (χ2n) is 5.04. The summed E-state index contributed by atoms with van der Waals surface area (Å²) >= 11 is 0. The Labute approximate surface area is 182 Å². The van der Waals surface area contributed by atoms with Crippen LogP contribution in [0.15, 0.2) is 91.0 Å². The van der Waals surface area contributed by atoms with Gasteiger partial charge in [-0.1, -0.05) is 91.0 Å². The molecule has 6 nitrogen and oxygen atoms in total. The minimum Gasteiger partial charge on any atom is -0.356 e. The van der Waals surface area contributed by atoms with E-state index in [4.69, 9.17) is 31.2 Å². The summed E-state index contributed by atoms with van der Waals surface area (Å²) in [4.78, 5) is 26.6. The van der Waals surface area contributed by atoms with Gasteiger partial charge in [0, 0.05) is 36.0 Å². The van der Waals surface area contributed by atoms with E-state index in [0.29, 0.717) is 0 Å². The average Bonchev–Trinajstić information content (AvgIpc) is 2.71. The van der Waals surface area contributed by atoms with Gasteiger partial charge in [-0.3, -0.25) is 16.5 Å². The summed E-state index contributed by atoms with van der Waals surface area (Å²) in [5.41, 5.74) is 15.7. The number of benzene rings is 3. The van der Waals surface area contributed by atoms with Crippen molar-refractivity contribution in [1.29, 1.82) is 0 Å². The Morgan fingerprint density at radius 3 is 0.714 bits per heavy atom. The van der Waals surface area contributed by atoms with Crippen LogP contribution >= 0.6 is 24.9 Å². The zero-order valence-corrected chi connectivity index (χ0v) is 20.0. The van der Waals surface area contributed by atoms with Crippen LogP contribution in [0.4, 0.5) is 0 Å². The van der Waals surface area contributed by atoms with Crippen molar-refractivity contribution in [2.75, 3.05) is 0 Å². The molecule has 0 aliphatic rings. The van der Waals surface area contributed by atoms with Gasteiger partial charge in [-0.25, -0.2) is 0 Å². The van der Waals surface area contributed by atoms with Gasteiger partial charge in [0.2, 0.25) is 0 Å². The summed E-state index contributed by atoms with van der Waals surface area (Å²) in [6.45, 7) is 0. The minimum atomic E-state index is -1.40. The molecule has 0 bridgehead atoms. The standard InChI is InChI=1S/3C6H8NOP.Ir/c3*7-9(8)6-4-2-1-3-5-6;/h3*1-5,8H,7H2;. The van der Waals surface area contributed by atoms with E-state index in [2.05, 4.69) is 0 Å². The summed E-state index contributed by atoms with van der Waals surface area (Å²) in [7, 11) is -4.19. The second kappa shape index (κ2) is 16.2. The van der Waals surface area contributed by atoms with E-state index < -0.39 is 24.9 Å². The normalized spacial score (nSPS) is 12.6. The first-order chi connectivity index (χ1) is 12.9. The molecule has 3 rings (SSSR count). The zero-order valence-electron chi connectivity index (χ0n) is 14.9. The maximum absolute atomic E-state index is 8.87. The molecule has 10 heteroatoms. The van der Waals surface area contributed by atoms with Crippen molar-refractivity contribution >= 4 is 40.8 Å². The van der Waals surface area contributed by atoms with Crippen LogP contribution in [0.5, 0.6) is 0 Å². The Morgan fingerprint density at radius 2 is 0.607 bits per heavy atom.